The van der Waals surface area contributed by atoms with Gasteiger partial charge in [-0.15, -0.1) is 0 Å². The number of esters is 1. The molecule has 24 heavy (non-hydrogen) atoms. The molecule has 0 saturated heterocycles. The van der Waals surface area contributed by atoms with Crippen LogP contribution >= 0.6 is 0 Å². The Morgan fingerprint density at radius 3 is 2.50 bits per heavy atom. The van der Waals surface area contributed by atoms with Crippen molar-refractivity contribution in [3.05, 3.63) is 52.4 Å². The van der Waals surface area contributed by atoms with E-state index in [1.807, 2.05) is 31.2 Å². The number of ether oxygens (including phenoxy) is 2. The summed E-state index contributed by atoms with van der Waals surface area (Å²) in [5, 5.41) is 3.25. The maximum atomic E-state index is 12.6. The molecule has 0 fully saturated rings. The van der Waals surface area contributed by atoms with Gasteiger partial charge in [0.05, 0.1) is 19.8 Å². The summed E-state index contributed by atoms with van der Waals surface area (Å²) in [5.74, 6) is 0.0220. The molecule has 1 atom stereocenters. The molecule has 0 saturated carbocycles. The van der Waals surface area contributed by atoms with Crippen molar-refractivity contribution < 1.29 is 19.1 Å². The van der Waals surface area contributed by atoms with Gasteiger partial charge >= 0.3 is 5.97 Å². The zero-order valence-electron chi connectivity index (χ0n) is 14.1. The number of hydrogen-bond donors (Lipinski definition) is 1. The number of methoxy groups -OCH3 is 2. The maximum Gasteiger partial charge on any atom is 0.336 e. The highest BCUT2D eigenvalue weighted by molar-refractivity contribution is 6.03. The van der Waals surface area contributed by atoms with Gasteiger partial charge in [-0.1, -0.05) is 12.1 Å². The highest BCUT2D eigenvalue weighted by atomic mass is 16.5. The van der Waals surface area contributed by atoms with Crippen molar-refractivity contribution in [3.63, 3.8) is 0 Å². The number of dihydropyridines is 1. The molecule has 0 amide bonds. The summed E-state index contributed by atoms with van der Waals surface area (Å²) in [6, 6.07) is 7.49. The van der Waals surface area contributed by atoms with E-state index in [9.17, 15) is 9.59 Å². The van der Waals surface area contributed by atoms with Crippen molar-refractivity contribution in [3.8, 4) is 5.75 Å². The predicted octanol–water partition coefficient (Wildman–Crippen LogP) is 2.84. The topological polar surface area (TPSA) is 64.6 Å². The van der Waals surface area contributed by atoms with Gasteiger partial charge in [-0.2, -0.15) is 0 Å². The quantitative estimate of drug-likeness (QED) is 0.865. The lowest BCUT2D eigenvalue weighted by Crippen LogP contribution is -2.34. The van der Waals surface area contributed by atoms with Crippen molar-refractivity contribution in [2.45, 2.75) is 32.1 Å². The molecule has 1 aromatic carbocycles. The maximum absolute atomic E-state index is 12.6. The lowest BCUT2D eigenvalue weighted by atomic mass is 9.75. The second-order valence-corrected chi connectivity index (χ2v) is 6.03. The second-order valence-electron chi connectivity index (χ2n) is 6.03. The summed E-state index contributed by atoms with van der Waals surface area (Å²) >= 11 is 0. The molecule has 2 aliphatic rings. The van der Waals surface area contributed by atoms with Crippen LogP contribution in [-0.4, -0.2) is 26.0 Å². The van der Waals surface area contributed by atoms with E-state index in [0.717, 1.165) is 35.5 Å². The molecule has 0 bridgehead atoms. The Kier molecular flexibility index (Phi) is 4.42. The molecule has 1 N–H and O–H groups in total. The van der Waals surface area contributed by atoms with Crippen LogP contribution in [0.3, 0.4) is 0 Å². The summed E-state index contributed by atoms with van der Waals surface area (Å²) in [6.07, 6.45) is 2.17. The summed E-state index contributed by atoms with van der Waals surface area (Å²) < 4.78 is 10.2. The minimum Gasteiger partial charge on any atom is -0.497 e. The Bertz CT molecular complexity index is 743. The fraction of sp³-hybridized carbons (Fsp3) is 0.368. The van der Waals surface area contributed by atoms with Gasteiger partial charge in [0.2, 0.25) is 0 Å². The number of rotatable bonds is 3. The molecule has 1 aliphatic carbocycles. The molecule has 0 aromatic heterocycles. The van der Waals surface area contributed by atoms with Crippen LogP contribution in [0.1, 0.15) is 37.7 Å². The van der Waals surface area contributed by atoms with Gasteiger partial charge in [0, 0.05) is 29.3 Å². The zero-order chi connectivity index (χ0) is 17.3. The lowest BCUT2D eigenvalue weighted by Gasteiger charge is -2.34. The van der Waals surface area contributed by atoms with Crippen molar-refractivity contribution in [1.29, 1.82) is 0 Å². The summed E-state index contributed by atoms with van der Waals surface area (Å²) in [7, 11) is 2.97. The van der Waals surface area contributed by atoms with Gasteiger partial charge in [0.25, 0.3) is 0 Å². The van der Waals surface area contributed by atoms with Crippen LogP contribution in [0.4, 0.5) is 0 Å². The fourth-order valence-electron chi connectivity index (χ4n) is 3.49. The molecule has 0 radical (unpaired) electrons. The number of nitrogens with one attached hydrogen (secondary N) is 1. The van der Waals surface area contributed by atoms with E-state index in [2.05, 4.69) is 5.32 Å². The Balaban J connectivity index is 2.15. The molecule has 5 heteroatoms. The highest BCUT2D eigenvalue weighted by Crippen LogP contribution is 2.42. The molecule has 0 spiro atoms. The zero-order valence-corrected chi connectivity index (χ0v) is 14.1. The number of Topliss-reactive ketones (excluding diaryl/α,β-unsaturated/α-hetero) is 1. The third kappa shape index (κ3) is 2.70. The average Bonchev–Trinajstić information content (AvgIpc) is 2.60. The minimum atomic E-state index is -0.411. The fourth-order valence-corrected chi connectivity index (χ4v) is 3.49. The largest absolute Gasteiger partial charge is 0.497 e. The van der Waals surface area contributed by atoms with Crippen LogP contribution in [0.15, 0.2) is 46.8 Å². The van der Waals surface area contributed by atoms with Crippen molar-refractivity contribution in [1.82, 2.24) is 5.32 Å². The van der Waals surface area contributed by atoms with E-state index >= 15 is 0 Å². The van der Waals surface area contributed by atoms with E-state index in [1.165, 1.54) is 7.11 Å². The van der Waals surface area contributed by atoms with Gasteiger partial charge in [0.1, 0.15) is 5.75 Å². The molecular formula is C19H21NO4. The van der Waals surface area contributed by atoms with Crippen LogP contribution in [0, 0.1) is 0 Å². The lowest BCUT2D eigenvalue weighted by molar-refractivity contribution is -0.136. The van der Waals surface area contributed by atoms with E-state index in [1.54, 1.807) is 7.11 Å². The number of ketones is 1. The Hall–Kier alpha value is -2.56. The standard InChI is InChI=1S/C19H21NO4/c1-11-16(19(22)24-3)17(12-7-9-13(23-2)10-8-12)18-14(20-11)5-4-6-15(18)21/h7-10,17,20H,4-6H2,1-3H3/t17-/m1/s1. The second kappa shape index (κ2) is 6.51. The van der Waals surface area contributed by atoms with Crippen LogP contribution in [-0.2, 0) is 14.3 Å². The van der Waals surface area contributed by atoms with Crippen LogP contribution in [0.25, 0.3) is 0 Å². The number of carbonyl (C=O) groups is 2. The van der Waals surface area contributed by atoms with Crippen molar-refractivity contribution in [2.75, 3.05) is 14.2 Å². The molecule has 1 aromatic rings. The van der Waals surface area contributed by atoms with Crippen LogP contribution < -0.4 is 10.1 Å². The first-order valence-corrected chi connectivity index (χ1v) is 8.03. The molecule has 3 rings (SSSR count). The smallest absolute Gasteiger partial charge is 0.336 e. The molecule has 5 nitrogen and oxygen atoms in total. The molecule has 0 unspecified atom stereocenters. The SMILES string of the molecule is COC(=O)C1=C(C)NC2=C(C(=O)CCC2)[C@@H]1c1ccc(OC)cc1. The monoisotopic (exact) mass is 327 g/mol. The number of carbonyl (C=O) groups excluding carboxylic acids is 2. The Morgan fingerprint density at radius 2 is 1.88 bits per heavy atom. The first-order valence-electron chi connectivity index (χ1n) is 8.03. The van der Waals surface area contributed by atoms with Gasteiger partial charge in [-0.3, -0.25) is 4.79 Å². The van der Waals surface area contributed by atoms with Gasteiger partial charge < -0.3 is 14.8 Å². The minimum absolute atomic E-state index is 0.0958. The first-order chi connectivity index (χ1) is 11.6. The third-order valence-electron chi connectivity index (χ3n) is 4.63. The van der Waals surface area contributed by atoms with Gasteiger partial charge in [0.15, 0.2) is 5.78 Å². The summed E-state index contributed by atoms with van der Waals surface area (Å²) in [6.45, 7) is 1.85. The first kappa shape index (κ1) is 16.3. The molecule has 1 aliphatic heterocycles. The summed E-state index contributed by atoms with van der Waals surface area (Å²) in [4.78, 5) is 25.0. The number of hydrogen-bond acceptors (Lipinski definition) is 5. The molecule has 1 heterocycles. The van der Waals surface area contributed by atoms with Crippen LogP contribution in [0.2, 0.25) is 0 Å². The van der Waals surface area contributed by atoms with E-state index in [4.69, 9.17) is 9.47 Å². The van der Waals surface area contributed by atoms with Crippen LogP contribution in [0.5, 0.6) is 5.75 Å². The molecule has 126 valence electrons. The van der Waals surface area contributed by atoms with E-state index in [0.29, 0.717) is 17.6 Å². The van der Waals surface area contributed by atoms with E-state index in [-0.39, 0.29) is 5.78 Å². The van der Waals surface area contributed by atoms with Gasteiger partial charge in [-0.05, 0) is 37.5 Å². The van der Waals surface area contributed by atoms with Gasteiger partial charge in [-0.25, -0.2) is 4.79 Å². The Labute approximate surface area is 141 Å². The Morgan fingerprint density at radius 1 is 1.17 bits per heavy atom. The predicted molar refractivity (Wildman–Crippen MR) is 89.5 cm³/mol. The van der Waals surface area contributed by atoms with E-state index < -0.39 is 11.9 Å². The summed E-state index contributed by atoms with van der Waals surface area (Å²) in [5.41, 5.74) is 3.75. The van der Waals surface area contributed by atoms with Crippen molar-refractivity contribution >= 4 is 11.8 Å². The van der Waals surface area contributed by atoms with Crippen molar-refractivity contribution in [2.24, 2.45) is 0 Å². The highest BCUT2D eigenvalue weighted by Gasteiger charge is 2.38. The number of benzene rings is 1. The molecular weight excluding hydrogens is 306 g/mol. The normalized spacial score (nSPS) is 20.5. The third-order valence-corrected chi connectivity index (χ3v) is 4.63. The average molecular weight is 327 g/mol. The number of allylic oxidation sites excluding steroid dienone is 3.